The Bertz CT molecular complexity index is 349. The third kappa shape index (κ3) is 3.54. The highest BCUT2D eigenvalue weighted by molar-refractivity contribution is 5.27. The van der Waals surface area contributed by atoms with Crippen LogP contribution in [0.1, 0.15) is 25.0 Å². The molecule has 0 bridgehead atoms. The normalized spacial score (nSPS) is 11.9. The Kier molecular flexibility index (Phi) is 3.99. The smallest absolute Gasteiger partial charge is 0.131 e. The molecule has 16 heavy (non-hydrogen) atoms. The van der Waals surface area contributed by atoms with E-state index in [1.165, 1.54) is 19.2 Å². The van der Waals surface area contributed by atoms with Crippen LogP contribution in [-0.4, -0.2) is 12.6 Å². The van der Waals surface area contributed by atoms with E-state index in [0.717, 1.165) is 0 Å². The largest absolute Gasteiger partial charge is 0.380 e. The molecule has 1 aromatic rings. The summed E-state index contributed by atoms with van der Waals surface area (Å²) in [4.78, 5) is 0. The van der Waals surface area contributed by atoms with Crippen molar-refractivity contribution in [3.63, 3.8) is 0 Å². The lowest BCUT2D eigenvalue weighted by atomic mass is 9.95. The second-order valence-electron chi connectivity index (χ2n) is 4.64. The van der Waals surface area contributed by atoms with Crippen LogP contribution in [-0.2, 0) is 17.8 Å². The van der Waals surface area contributed by atoms with Crippen LogP contribution in [0.5, 0.6) is 0 Å². The fourth-order valence-electron chi connectivity index (χ4n) is 1.57. The lowest BCUT2D eigenvalue weighted by Crippen LogP contribution is -2.34. The summed E-state index contributed by atoms with van der Waals surface area (Å²) in [6.45, 7) is 3.56. The van der Waals surface area contributed by atoms with Crippen molar-refractivity contribution < 1.29 is 13.5 Å². The second-order valence-corrected chi connectivity index (χ2v) is 4.64. The van der Waals surface area contributed by atoms with Crippen LogP contribution in [0.25, 0.3) is 0 Å². The van der Waals surface area contributed by atoms with Gasteiger partial charge in [-0.1, -0.05) is 0 Å². The third-order valence-corrected chi connectivity index (χ3v) is 2.15. The molecule has 2 nitrogen and oxygen atoms in total. The molecule has 0 aliphatic heterocycles. The van der Waals surface area contributed by atoms with Crippen LogP contribution < -0.4 is 5.73 Å². The molecule has 2 N–H and O–H groups in total. The second kappa shape index (κ2) is 4.89. The molecule has 0 aromatic heterocycles. The van der Waals surface area contributed by atoms with Crippen LogP contribution in [0.15, 0.2) is 12.1 Å². The van der Waals surface area contributed by atoms with Crippen LogP contribution in [0.2, 0.25) is 0 Å². The van der Waals surface area contributed by atoms with Crippen molar-refractivity contribution >= 4 is 0 Å². The average Bonchev–Trinajstić information content (AvgIpc) is 2.08. The zero-order valence-electron chi connectivity index (χ0n) is 9.81. The van der Waals surface area contributed by atoms with E-state index in [2.05, 4.69) is 0 Å². The molecule has 0 heterocycles. The highest BCUT2D eigenvalue weighted by Crippen LogP contribution is 2.19. The van der Waals surface area contributed by atoms with E-state index >= 15 is 0 Å². The Morgan fingerprint density at radius 1 is 1.25 bits per heavy atom. The van der Waals surface area contributed by atoms with Gasteiger partial charge in [0.05, 0.1) is 6.61 Å². The number of halogens is 2. The van der Waals surface area contributed by atoms with Crippen molar-refractivity contribution in [1.82, 2.24) is 0 Å². The lowest BCUT2D eigenvalue weighted by molar-refractivity contribution is 0.177. The van der Waals surface area contributed by atoms with Gasteiger partial charge in [-0.25, -0.2) is 8.78 Å². The molecule has 1 aromatic carbocycles. The number of ether oxygens (including phenoxy) is 1. The molecule has 0 saturated heterocycles. The van der Waals surface area contributed by atoms with Gasteiger partial charge in [-0.05, 0) is 38.0 Å². The zero-order chi connectivity index (χ0) is 12.3. The summed E-state index contributed by atoms with van der Waals surface area (Å²) in [5.41, 5.74) is 5.83. The molecule has 0 atom stereocenters. The summed E-state index contributed by atoms with van der Waals surface area (Å²) in [6.07, 6.45) is 0.425. The summed E-state index contributed by atoms with van der Waals surface area (Å²) in [6, 6.07) is 2.62. The molecule has 90 valence electrons. The third-order valence-electron chi connectivity index (χ3n) is 2.15. The monoisotopic (exact) mass is 229 g/mol. The number of benzene rings is 1. The van der Waals surface area contributed by atoms with Gasteiger partial charge in [0.25, 0.3) is 0 Å². The van der Waals surface area contributed by atoms with E-state index in [1.54, 1.807) is 0 Å². The van der Waals surface area contributed by atoms with Gasteiger partial charge in [0, 0.05) is 18.2 Å². The highest BCUT2D eigenvalue weighted by atomic mass is 19.1. The van der Waals surface area contributed by atoms with Gasteiger partial charge in [-0.2, -0.15) is 0 Å². The Hall–Kier alpha value is -1.00. The van der Waals surface area contributed by atoms with Gasteiger partial charge < -0.3 is 10.5 Å². The predicted molar refractivity (Wildman–Crippen MR) is 59.0 cm³/mol. The summed E-state index contributed by atoms with van der Waals surface area (Å²) in [7, 11) is 1.40. The molecule has 0 aliphatic carbocycles. The van der Waals surface area contributed by atoms with Crippen molar-refractivity contribution in [2.24, 2.45) is 5.73 Å². The predicted octanol–water partition coefficient (Wildman–Crippen LogP) is 2.39. The maximum atomic E-state index is 13.5. The maximum absolute atomic E-state index is 13.5. The Balaban J connectivity index is 3.00. The molecule has 1 rings (SSSR count). The molecule has 0 saturated carbocycles. The summed E-state index contributed by atoms with van der Waals surface area (Å²) in [5.74, 6) is -1.16. The molecule has 0 radical (unpaired) electrons. The number of hydrogen-bond acceptors (Lipinski definition) is 2. The van der Waals surface area contributed by atoms with Gasteiger partial charge in [0.2, 0.25) is 0 Å². The molecule has 0 amide bonds. The summed E-state index contributed by atoms with van der Waals surface area (Å²) < 4.78 is 31.8. The summed E-state index contributed by atoms with van der Waals surface area (Å²) >= 11 is 0. The summed E-state index contributed by atoms with van der Waals surface area (Å²) in [5, 5.41) is 0. The molecule has 0 fully saturated rings. The molecule has 4 heteroatoms. The van der Waals surface area contributed by atoms with Crippen molar-refractivity contribution in [2.75, 3.05) is 7.11 Å². The van der Waals surface area contributed by atoms with Gasteiger partial charge in [0.1, 0.15) is 11.6 Å². The topological polar surface area (TPSA) is 35.2 Å². The van der Waals surface area contributed by atoms with Crippen LogP contribution in [0.4, 0.5) is 8.78 Å². The molecular formula is C12H17F2NO. The Labute approximate surface area is 94.4 Å². The number of rotatable bonds is 4. The Morgan fingerprint density at radius 2 is 1.75 bits per heavy atom. The maximum Gasteiger partial charge on any atom is 0.131 e. The fraction of sp³-hybridized carbons (Fsp3) is 0.500. The molecule has 0 spiro atoms. The minimum atomic E-state index is -0.582. The van der Waals surface area contributed by atoms with Gasteiger partial charge in [-0.3, -0.25) is 0 Å². The quantitative estimate of drug-likeness (QED) is 0.860. The highest BCUT2D eigenvalue weighted by Gasteiger charge is 2.16. The first kappa shape index (κ1) is 13.1. The van der Waals surface area contributed by atoms with Gasteiger partial charge >= 0.3 is 0 Å². The minimum absolute atomic E-state index is 0.0407. The van der Waals surface area contributed by atoms with Crippen LogP contribution in [0.3, 0.4) is 0 Å². The molecule has 0 aliphatic rings. The van der Waals surface area contributed by atoms with E-state index in [4.69, 9.17) is 10.5 Å². The Morgan fingerprint density at radius 3 is 2.12 bits per heavy atom. The van der Waals surface area contributed by atoms with Crippen molar-refractivity contribution in [3.8, 4) is 0 Å². The van der Waals surface area contributed by atoms with Crippen molar-refractivity contribution in [3.05, 3.63) is 34.9 Å². The van der Waals surface area contributed by atoms with Crippen LogP contribution in [0, 0.1) is 11.6 Å². The first-order valence-corrected chi connectivity index (χ1v) is 5.08. The first-order chi connectivity index (χ1) is 7.33. The van der Waals surface area contributed by atoms with Gasteiger partial charge in [0.15, 0.2) is 0 Å². The van der Waals surface area contributed by atoms with Crippen molar-refractivity contribution in [1.29, 1.82) is 0 Å². The van der Waals surface area contributed by atoms with E-state index < -0.39 is 17.2 Å². The standard InChI is InChI=1S/C12H17F2NO/c1-12(2,15)6-8-4-10(13)9(7-16-3)11(14)5-8/h4-5H,6-7,15H2,1-3H3. The van der Waals surface area contributed by atoms with E-state index in [-0.39, 0.29) is 12.2 Å². The number of hydrogen-bond donors (Lipinski definition) is 1. The lowest BCUT2D eigenvalue weighted by Gasteiger charge is -2.19. The first-order valence-electron chi connectivity index (χ1n) is 5.08. The SMILES string of the molecule is COCc1c(F)cc(CC(C)(C)N)cc1F. The van der Waals surface area contributed by atoms with E-state index in [9.17, 15) is 8.78 Å². The number of nitrogens with two attached hydrogens (primary N) is 1. The zero-order valence-corrected chi connectivity index (χ0v) is 9.81. The average molecular weight is 229 g/mol. The van der Waals surface area contributed by atoms with Crippen molar-refractivity contribution in [2.45, 2.75) is 32.4 Å². The molecule has 0 unspecified atom stereocenters. The fourth-order valence-corrected chi connectivity index (χ4v) is 1.57. The van der Waals surface area contributed by atoms with Crippen LogP contribution >= 0.6 is 0 Å². The van der Waals surface area contributed by atoms with Gasteiger partial charge in [-0.15, -0.1) is 0 Å². The van der Waals surface area contributed by atoms with E-state index in [0.29, 0.717) is 12.0 Å². The number of methoxy groups -OCH3 is 1. The minimum Gasteiger partial charge on any atom is -0.380 e. The van der Waals surface area contributed by atoms with E-state index in [1.807, 2.05) is 13.8 Å². The molecular weight excluding hydrogens is 212 g/mol.